The van der Waals surface area contributed by atoms with Gasteiger partial charge in [-0.1, -0.05) is 109 Å². The Morgan fingerprint density at radius 3 is 1.70 bits per heavy atom. The molecule has 1 aliphatic carbocycles. The van der Waals surface area contributed by atoms with Crippen LogP contribution in [0.3, 0.4) is 0 Å². The summed E-state index contributed by atoms with van der Waals surface area (Å²) in [4.78, 5) is 11.2. The van der Waals surface area contributed by atoms with Gasteiger partial charge in [0.25, 0.3) is 0 Å². The smallest absolute Gasteiger partial charge is 0.150 e. The third-order valence-corrected chi connectivity index (χ3v) is 5.92. The lowest BCUT2D eigenvalue weighted by molar-refractivity contribution is -0.229. The van der Waals surface area contributed by atoms with Crippen LogP contribution in [0.1, 0.15) is 27.0 Å². The molecule has 0 unspecified atom stereocenters. The summed E-state index contributed by atoms with van der Waals surface area (Å²) in [6.07, 6.45) is 3.95. The SMILES string of the molecule is O=Cc1ccc(C2=CC(=c3ccc(=C[O-])cc3)C(c3ccccc3)=C2c2ccccc2)cc1. The van der Waals surface area contributed by atoms with Crippen molar-refractivity contribution in [2.24, 2.45) is 0 Å². The summed E-state index contributed by atoms with van der Waals surface area (Å²) in [5, 5.41) is 12.9. The second kappa shape index (κ2) is 8.97. The van der Waals surface area contributed by atoms with Crippen molar-refractivity contribution in [1.82, 2.24) is 0 Å². The Kier molecular flexibility index (Phi) is 5.57. The fraction of sp³-hybridized carbons (Fsp3) is 0. The molecule has 0 radical (unpaired) electrons. The van der Waals surface area contributed by atoms with E-state index in [9.17, 15) is 9.90 Å². The molecule has 0 saturated heterocycles. The van der Waals surface area contributed by atoms with Crippen LogP contribution in [0.4, 0.5) is 0 Å². The van der Waals surface area contributed by atoms with Gasteiger partial charge in [0.05, 0.1) is 0 Å². The molecule has 2 heteroatoms. The number of hydrogen-bond acceptors (Lipinski definition) is 2. The number of aldehydes is 1. The third kappa shape index (κ3) is 3.95. The molecule has 0 heterocycles. The van der Waals surface area contributed by atoms with Gasteiger partial charge in [-0.05, 0) is 55.5 Å². The average Bonchev–Trinajstić information content (AvgIpc) is 3.30. The van der Waals surface area contributed by atoms with Crippen LogP contribution < -0.4 is 15.5 Å². The minimum absolute atomic E-state index is 0.652. The lowest BCUT2D eigenvalue weighted by atomic mass is 9.89. The number of carbonyl (C=O) groups is 1. The monoisotopic (exact) mass is 425 g/mol. The standard InChI is InChI=1S/C31H22O2/c32-20-22-11-15-24(16-12-22)28-19-29(25-17-13-23(21-33)14-18-25)31(27-9-5-2-6-10-27)30(28)26-7-3-1-4-8-26/h1-21,32H/p-1. The molecule has 0 atom stereocenters. The molecule has 4 aromatic rings. The Labute approximate surface area is 192 Å². The van der Waals surface area contributed by atoms with Gasteiger partial charge in [0.1, 0.15) is 6.29 Å². The molecule has 5 rings (SSSR count). The van der Waals surface area contributed by atoms with Crippen LogP contribution in [0.25, 0.3) is 28.6 Å². The van der Waals surface area contributed by atoms with Gasteiger partial charge in [-0.3, -0.25) is 4.79 Å². The van der Waals surface area contributed by atoms with Gasteiger partial charge in [0.15, 0.2) is 0 Å². The second-order valence-corrected chi connectivity index (χ2v) is 7.93. The van der Waals surface area contributed by atoms with E-state index < -0.39 is 0 Å². The van der Waals surface area contributed by atoms with Crippen molar-refractivity contribution in [2.75, 3.05) is 0 Å². The maximum Gasteiger partial charge on any atom is 0.150 e. The van der Waals surface area contributed by atoms with Crippen LogP contribution in [-0.4, -0.2) is 6.29 Å². The molecule has 2 nitrogen and oxygen atoms in total. The first kappa shape index (κ1) is 20.5. The lowest BCUT2D eigenvalue weighted by Crippen LogP contribution is -2.12. The van der Waals surface area contributed by atoms with Crippen molar-refractivity contribution in [2.45, 2.75) is 0 Å². The number of rotatable bonds is 4. The van der Waals surface area contributed by atoms with Crippen molar-refractivity contribution < 1.29 is 9.90 Å². The van der Waals surface area contributed by atoms with Crippen LogP contribution in [0.2, 0.25) is 0 Å². The average molecular weight is 426 g/mol. The highest BCUT2D eigenvalue weighted by Gasteiger charge is 2.25. The first-order chi connectivity index (χ1) is 16.3. The van der Waals surface area contributed by atoms with Gasteiger partial charge in [-0.25, -0.2) is 0 Å². The highest BCUT2D eigenvalue weighted by atomic mass is 16.2. The molecule has 33 heavy (non-hydrogen) atoms. The largest absolute Gasteiger partial charge is 0.877 e. The summed E-state index contributed by atoms with van der Waals surface area (Å²) in [5.74, 6) is 0. The van der Waals surface area contributed by atoms with E-state index in [-0.39, 0.29) is 0 Å². The van der Waals surface area contributed by atoms with Gasteiger partial charge in [-0.2, -0.15) is 0 Å². The Morgan fingerprint density at radius 1 is 0.576 bits per heavy atom. The van der Waals surface area contributed by atoms with Gasteiger partial charge in [-0.15, -0.1) is 6.26 Å². The summed E-state index contributed by atoms with van der Waals surface area (Å²) >= 11 is 0. The first-order valence-electron chi connectivity index (χ1n) is 10.8. The molecule has 0 aliphatic heterocycles. The topological polar surface area (TPSA) is 40.1 Å². The predicted molar refractivity (Wildman–Crippen MR) is 133 cm³/mol. The van der Waals surface area contributed by atoms with Crippen LogP contribution >= 0.6 is 0 Å². The van der Waals surface area contributed by atoms with Crippen molar-refractivity contribution in [1.29, 1.82) is 0 Å². The van der Waals surface area contributed by atoms with E-state index in [1.54, 1.807) is 0 Å². The van der Waals surface area contributed by atoms with Crippen LogP contribution in [0, 0.1) is 0 Å². The Hall–Kier alpha value is -4.43. The fourth-order valence-corrected chi connectivity index (χ4v) is 4.31. The first-order valence-corrected chi connectivity index (χ1v) is 10.8. The third-order valence-electron chi connectivity index (χ3n) is 5.92. The summed E-state index contributed by atoms with van der Waals surface area (Å²) < 4.78 is 0. The minimum Gasteiger partial charge on any atom is -0.877 e. The van der Waals surface area contributed by atoms with E-state index in [0.717, 1.165) is 56.7 Å². The van der Waals surface area contributed by atoms with Crippen LogP contribution in [0.15, 0.2) is 115 Å². The van der Waals surface area contributed by atoms with E-state index in [1.165, 1.54) is 0 Å². The van der Waals surface area contributed by atoms with Gasteiger partial charge in [0, 0.05) is 5.56 Å². The van der Waals surface area contributed by atoms with E-state index in [1.807, 2.05) is 60.7 Å². The quantitative estimate of drug-likeness (QED) is 0.453. The zero-order valence-electron chi connectivity index (χ0n) is 17.9. The number of benzene rings is 4. The molecule has 0 N–H and O–H groups in total. The van der Waals surface area contributed by atoms with Crippen molar-refractivity contribution in [3.8, 4) is 0 Å². The molecule has 4 aromatic carbocycles. The maximum absolute atomic E-state index is 11.2. The summed E-state index contributed by atoms with van der Waals surface area (Å²) in [7, 11) is 0. The molecular formula is C31H21O2-. The summed E-state index contributed by atoms with van der Waals surface area (Å²) in [6, 6.07) is 36.2. The molecule has 158 valence electrons. The summed E-state index contributed by atoms with van der Waals surface area (Å²) in [5.41, 5.74) is 8.46. The Bertz CT molecular complexity index is 1470. The zero-order chi connectivity index (χ0) is 22.6. The second-order valence-electron chi connectivity index (χ2n) is 7.93. The van der Waals surface area contributed by atoms with Gasteiger partial charge in [0.2, 0.25) is 0 Å². The highest BCUT2D eigenvalue weighted by Crippen LogP contribution is 2.47. The normalized spacial score (nSPS) is 13.1. The van der Waals surface area contributed by atoms with E-state index in [2.05, 4.69) is 54.6 Å². The molecular weight excluding hydrogens is 404 g/mol. The van der Waals surface area contributed by atoms with E-state index >= 15 is 0 Å². The Morgan fingerprint density at radius 2 is 1.15 bits per heavy atom. The van der Waals surface area contributed by atoms with Crippen LogP contribution in [-0.2, 0) is 0 Å². The highest BCUT2D eigenvalue weighted by molar-refractivity contribution is 6.31. The summed E-state index contributed by atoms with van der Waals surface area (Å²) in [6.45, 7) is 0. The minimum atomic E-state index is 0.652. The predicted octanol–water partition coefficient (Wildman–Crippen LogP) is 4.46. The van der Waals surface area contributed by atoms with E-state index in [4.69, 9.17) is 0 Å². The molecule has 0 aromatic heterocycles. The van der Waals surface area contributed by atoms with Crippen molar-refractivity contribution >= 4 is 34.8 Å². The van der Waals surface area contributed by atoms with Gasteiger partial charge < -0.3 is 5.11 Å². The molecule has 1 aliphatic rings. The molecule has 0 bridgehead atoms. The lowest BCUT2D eigenvalue weighted by Gasteiger charge is -2.14. The molecule has 0 saturated carbocycles. The molecule has 0 spiro atoms. The van der Waals surface area contributed by atoms with E-state index in [0.29, 0.717) is 10.8 Å². The van der Waals surface area contributed by atoms with Crippen molar-refractivity contribution in [3.63, 3.8) is 0 Å². The number of allylic oxidation sites excluding steroid dienone is 4. The molecule has 0 amide bonds. The Balaban J connectivity index is 1.87. The fourth-order valence-electron chi connectivity index (χ4n) is 4.31. The van der Waals surface area contributed by atoms with Crippen LogP contribution in [0.5, 0.6) is 0 Å². The zero-order valence-corrected chi connectivity index (χ0v) is 17.9. The number of hydrogen-bond donors (Lipinski definition) is 0. The number of carbonyl (C=O) groups excluding carboxylic acids is 1. The maximum atomic E-state index is 11.2. The van der Waals surface area contributed by atoms with Crippen molar-refractivity contribution in [3.05, 3.63) is 148 Å². The molecule has 0 fully saturated rings. The van der Waals surface area contributed by atoms with Gasteiger partial charge >= 0.3 is 0 Å².